The van der Waals surface area contributed by atoms with E-state index in [2.05, 4.69) is 33.1 Å². The first-order chi connectivity index (χ1) is 13.1. The van der Waals surface area contributed by atoms with E-state index in [0.717, 1.165) is 18.1 Å². The molecule has 0 atom stereocenters. The van der Waals surface area contributed by atoms with Gasteiger partial charge in [-0.05, 0) is 42.0 Å². The summed E-state index contributed by atoms with van der Waals surface area (Å²) in [6.07, 6.45) is 6.34. The lowest BCUT2D eigenvalue weighted by atomic mass is 9.73. The van der Waals surface area contributed by atoms with E-state index < -0.39 is 5.91 Å². The van der Waals surface area contributed by atoms with Crippen LogP contribution in [0.4, 0.5) is 0 Å². The van der Waals surface area contributed by atoms with Gasteiger partial charge in [0.2, 0.25) is 5.91 Å². The highest BCUT2D eigenvalue weighted by molar-refractivity contribution is 14.0. The van der Waals surface area contributed by atoms with Gasteiger partial charge >= 0.3 is 0 Å². The molecule has 1 heterocycles. The van der Waals surface area contributed by atoms with Crippen molar-refractivity contribution in [1.29, 1.82) is 0 Å². The molecular formula is C21H29IN4OS. The third-order valence-corrected chi connectivity index (χ3v) is 6.46. The smallest absolute Gasteiger partial charge is 0.248 e. The van der Waals surface area contributed by atoms with Crippen LogP contribution in [0.3, 0.4) is 0 Å². The van der Waals surface area contributed by atoms with Gasteiger partial charge in [0.05, 0.1) is 0 Å². The molecule has 1 amide bonds. The zero-order chi connectivity index (χ0) is 19.1. The molecule has 28 heavy (non-hydrogen) atoms. The second-order valence-electron chi connectivity index (χ2n) is 7.16. The third-order valence-electron chi connectivity index (χ3n) is 5.34. The summed E-state index contributed by atoms with van der Waals surface area (Å²) in [5.74, 6) is 0.371. The molecule has 0 radical (unpaired) electrons. The molecule has 7 heteroatoms. The van der Waals surface area contributed by atoms with Gasteiger partial charge in [-0.2, -0.15) is 0 Å². The van der Waals surface area contributed by atoms with Crippen LogP contribution in [-0.2, 0) is 12.0 Å². The molecule has 1 aliphatic rings. The van der Waals surface area contributed by atoms with Crippen LogP contribution in [0.25, 0.3) is 0 Å². The van der Waals surface area contributed by atoms with Crippen molar-refractivity contribution in [2.24, 2.45) is 10.7 Å². The predicted octanol–water partition coefficient (Wildman–Crippen LogP) is 4.03. The number of rotatable bonds is 6. The normalized spacial score (nSPS) is 16.1. The molecule has 0 aliphatic heterocycles. The van der Waals surface area contributed by atoms with Crippen molar-refractivity contribution in [3.63, 3.8) is 0 Å². The Labute approximate surface area is 188 Å². The van der Waals surface area contributed by atoms with Crippen LogP contribution in [0.5, 0.6) is 0 Å². The minimum atomic E-state index is -0.408. The van der Waals surface area contributed by atoms with Gasteiger partial charge in [0.25, 0.3) is 0 Å². The van der Waals surface area contributed by atoms with Crippen LogP contribution in [0, 0.1) is 0 Å². The Kier molecular flexibility index (Phi) is 8.75. The highest BCUT2D eigenvalue weighted by Crippen LogP contribution is 2.41. The highest BCUT2D eigenvalue weighted by atomic mass is 127. The average molecular weight is 512 g/mol. The standard InChI is InChI=1S/C21H28N4OS.HI/c1-23-20(24-14-16-7-5-8-17(13-16)19(22)26)25-15-21(10-3-2-4-11-21)18-9-6-12-27-18;/h5-9,12-13H,2-4,10-11,14-15H2,1H3,(H2,22,26)(H2,23,24,25);1H. The highest BCUT2D eigenvalue weighted by Gasteiger charge is 2.34. The van der Waals surface area contributed by atoms with E-state index in [4.69, 9.17) is 5.73 Å². The predicted molar refractivity (Wildman–Crippen MR) is 128 cm³/mol. The molecule has 3 rings (SSSR count). The molecule has 152 valence electrons. The first-order valence-electron chi connectivity index (χ1n) is 9.50. The number of nitrogens with one attached hydrogen (secondary N) is 2. The molecule has 1 fully saturated rings. The number of benzene rings is 1. The van der Waals surface area contributed by atoms with Crippen molar-refractivity contribution >= 4 is 47.2 Å². The summed E-state index contributed by atoms with van der Waals surface area (Å²) >= 11 is 1.86. The number of halogens is 1. The summed E-state index contributed by atoms with van der Waals surface area (Å²) in [4.78, 5) is 17.2. The van der Waals surface area contributed by atoms with Crippen molar-refractivity contribution in [3.05, 3.63) is 57.8 Å². The van der Waals surface area contributed by atoms with Crippen molar-refractivity contribution in [3.8, 4) is 0 Å². The molecule has 4 N–H and O–H groups in total. The molecular weight excluding hydrogens is 483 g/mol. The Bertz CT molecular complexity index is 785. The average Bonchev–Trinajstić information content (AvgIpc) is 3.24. The van der Waals surface area contributed by atoms with E-state index in [1.165, 1.54) is 37.0 Å². The Morgan fingerprint density at radius 2 is 1.96 bits per heavy atom. The molecule has 0 unspecified atom stereocenters. The summed E-state index contributed by atoms with van der Waals surface area (Å²) in [6, 6.07) is 11.8. The van der Waals surface area contributed by atoms with E-state index >= 15 is 0 Å². The van der Waals surface area contributed by atoms with Crippen molar-refractivity contribution in [2.45, 2.75) is 44.1 Å². The number of guanidine groups is 1. The molecule has 0 bridgehead atoms. The number of nitrogens with two attached hydrogens (primary N) is 1. The molecule has 1 saturated carbocycles. The second kappa shape index (κ2) is 10.8. The zero-order valence-corrected chi connectivity index (χ0v) is 19.4. The van der Waals surface area contributed by atoms with Crippen molar-refractivity contribution in [2.75, 3.05) is 13.6 Å². The molecule has 1 aromatic carbocycles. The Morgan fingerprint density at radius 1 is 1.18 bits per heavy atom. The van der Waals surface area contributed by atoms with Crippen molar-refractivity contribution < 1.29 is 4.79 Å². The van der Waals surface area contributed by atoms with E-state index in [-0.39, 0.29) is 29.4 Å². The molecule has 1 aromatic heterocycles. The van der Waals surface area contributed by atoms with E-state index in [1.54, 1.807) is 13.1 Å². The molecule has 1 aliphatic carbocycles. The van der Waals surface area contributed by atoms with Gasteiger partial charge < -0.3 is 16.4 Å². The summed E-state index contributed by atoms with van der Waals surface area (Å²) < 4.78 is 0. The van der Waals surface area contributed by atoms with Crippen LogP contribution in [0.15, 0.2) is 46.8 Å². The van der Waals surface area contributed by atoms with Gasteiger partial charge in [-0.15, -0.1) is 35.3 Å². The van der Waals surface area contributed by atoms with Gasteiger partial charge in [0.15, 0.2) is 5.96 Å². The van der Waals surface area contributed by atoms with Crippen LogP contribution in [-0.4, -0.2) is 25.5 Å². The molecule has 0 spiro atoms. The zero-order valence-electron chi connectivity index (χ0n) is 16.2. The maximum Gasteiger partial charge on any atom is 0.248 e. The Hall–Kier alpha value is -1.61. The maximum absolute atomic E-state index is 11.3. The number of hydrogen-bond acceptors (Lipinski definition) is 3. The van der Waals surface area contributed by atoms with Crippen LogP contribution in [0.2, 0.25) is 0 Å². The van der Waals surface area contributed by atoms with Crippen LogP contribution >= 0.6 is 35.3 Å². The quantitative estimate of drug-likeness (QED) is 0.311. The number of carbonyl (C=O) groups excluding carboxylic acids is 1. The monoisotopic (exact) mass is 512 g/mol. The van der Waals surface area contributed by atoms with E-state index in [9.17, 15) is 4.79 Å². The minimum absolute atomic E-state index is 0. The summed E-state index contributed by atoms with van der Waals surface area (Å²) in [7, 11) is 1.79. The van der Waals surface area contributed by atoms with Gasteiger partial charge in [-0.1, -0.05) is 37.5 Å². The Morgan fingerprint density at radius 3 is 2.61 bits per heavy atom. The van der Waals surface area contributed by atoms with Crippen LogP contribution < -0.4 is 16.4 Å². The summed E-state index contributed by atoms with van der Waals surface area (Å²) in [5, 5.41) is 9.05. The first-order valence-corrected chi connectivity index (χ1v) is 10.4. The van der Waals surface area contributed by atoms with Crippen molar-refractivity contribution in [1.82, 2.24) is 10.6 Å². The number of carbonyl (C=O) groups is 1. The lowest BCUT2D eigenvalue weighted by Gasteiger charge is -2.37. The number of amides is 1. The fourth-order valence-electron chi connectivity index (χ4n) is 3.81. The number of aliphatic imine (C=N–C) groups is 1. The van der Waals surface area contributed by atoms with Crippen LogP contribution in [0.1, 0.15) is 52.9 Å². The molecule has 2 aromatic rings. The lowest BCUT2D eigenvalue weighted by Crippen LogP contribution is -2.46. The third kappa shape index (κ3) is 5.70. The minimum Gasteiger partial charge on any atom is -0.366 e. The largest absolute Gasteiger partial charge is 0.366 e. The van der Waals surface area contributed by atoms with Gasteiger partial charge in [-0.3, -0.25) is 9.79 Å². The molecule has 5 nitrogen and oxygen atoms in total. The number of thiophene rings is 1. The fourth-order valence-corrected chi connectivity index (χ4v) is 4.80. The SMILES string of the molecule is CN=C(NCc1cccc(C(N)=O)c1)NCC1(c2cccs2)CCCCC1.I. The number of nitrogens with zero attached hydrogens (tertiary/aromatic N) is 1. The van der Waals surface area contributed by atoms with Gasteiger partial charge in [0.1, 0.15) is 0 Å². The first kappa shape index (κ1) is 22.7. The summed E-state index contributed by atoms with van der Waals surface area (Å²) in [5.41, 5.74) is 7.09. The number of hydrogen-bond donors (Lipinski definition) is 3. The fraction of sp³-hybridized carbons (Fsp3) is 0.429. The second-order valence-corrected chi connectivity index (χ2v) is 8.11. The topological polar surface area (TPSA) is 79.5 Å². The van der Waals surface area contributed by atoms with Gasteiger partial charge in [0, 0.05) is 36.0 Å². The van der Waals surface area contributed by atoms with E-state index in [0.29, 0.717) is 12.1 Å². The lowest BCUT2D eigenvalue weighted by molar-refractivity contribution is 0.1000. The summed E-state index contributed by atoms with van der Waals surface area (Å²) in [6.45, 7) is 1.47. The maximum atomic E-state index is 11.3. The molecule has 0 saturated heterocycles. The number of primary amides is 1. The van der Waals surface area contributed by atoms with Gasteiger partial charge in [-0.25, -0.2) is 0 Å². The van der Waals surface area contributed by atoms with E-state index in [1.807, 2.05) is 29.5 Å². The Balaban J connectivity index is 0.00000280.